The Morgan fingerprint density at radius 3 is 2.55 bits per heavy atom. The Morgan fingerprint density at radius 2 is 1.95 bits per heavy atom. The monoisotopic (exact) mass is 324 g/mol. The molecule has 2 rings (SSSR count). The Hall–Kier alpha value is -2.55. The van der Waals surface area contributed by atoms with Gasteiger partial charge < -0.3 is 15.2 Å². The van der Waals surface area contributed by atoms with Crippen molar-refractivity contribution in [2.24, 2.45) is 0 Å². The molecule has 0 bridgehead atoms. The van der Waals surface area contributed by atoms with Crippen LogP contribution in [0.15, 0.2) is 35.4 Å². The molecule has 118 valence electrons. The summed E-state index contributed by atoms with van der Waals surface area (Å²) < 4.78 is 37.1. The summed E-state index contributed by atoms with van der Waals surface area (Å²) in [6.07, 6.45) is 1.33. The molecular formula is C13H16N4O4S. The minimum atomic E-state index is -3.81. The van der Waals surface area contributed by atoms with Gasteiger partial charge in [0, 0.05) is 5.69 Å². The summed E-state index contributed by atoms with van der Waals surface area (Å²) in [5.74, 6) is 0.369. The summed E-state index contributed by atoms with van der Waals surface area (Å²) in [5.41, 5.74) is 6.01. The Bertz CT molecular complexity index is 747. The molecule has 0 aliphatic carbocycles. The van der Waals surface area contributed by atoms with E-state index in [0.717, 1.165) is 0 Å². The highest BCUT2D eigenvalue weighted by Crippen LogP contribution is 2.25. The number of hydrogen-bond acceptors (Lipinski definition) is 7. The smallest absolute Gasteiger partial charge is 0.264 e. The van der Waals surface area contributed by atoms with E-state index in [-0.39, 0.29) is 16.7 Å². The van der Waals surface area contributed by atoms with Gasteiger partial charge in [-0.25, -0.2) is 18.1 Å². The van der Waals surface area contributed by atoms with Gasteiger partial charge in [0.15, 0.2) is 5.75 Å². The van der Waals surface area contributed by atoms with Gasteiger partial charge in [-0.3, -0.25) is 0 Å². The lowest BCUT2D eigenvalue weighted by molar-refractivity contribution is 0.297. The van der Waals surface area contributed by atoms with E-state index in [0.29, 0.717) is 18.0 Å². The molecule has 0 saturated carbocycles. The molecule has 0 atom stereocenters. The molecule has 0 aliphatic heterocycles. The summed E-state index contributed by atoms with van der Waals surface area (Å²) in [7, 11) is -2.36. The largest absolute Gasteiger partial charge is 0.490 e. The van der Waals surface area contributed by atoms with Crippen LogP contribution in [0.3, 0.4) is 0 Å². The fraction of sp³-hybridized carbons (Fsp3) is 0.231. The molecule has 0 radical (unpaired) electrons. The standard InChI is InChI=1S/C13H16N4O4S/c1-3-21-12-11(20-2)8-15-13(16-12)17-22(18,19)10-6-4-9(14)5-7-10/h4-8H,3,14H2,1-2H3,(H,15,16,17). The maximum Gasteiger partial charge on any atom is 0.264 e. The summed E-state index contributed by atoms with van der Waals surface area (Å²) in [6, 6.07) is 5.78. The zero-order chi connectivity index (χ0) is 16.2. The third-order valence-electron chi connectivity index (χ3n) is 2.64. The average Bonchev–Trinajstić information content (AvgIpc) is 2.48. The topological polar surface area (TPSA) is 116 Å². The van der Waals surface area contributed by atoms with Crippen molar-refractivity contribution in [3.63, 3.8) is 0 Å². The number of nitrogens with one attached hydrogen (secondary N) is 1. The second-order valence-electron chi connectivity index (χ2n) is 4.17. The molecule has 0 amide bonds. The molecule has 0 fully saturated rings. The summed E-state index contributed by atoms with van der Waals surface area (Å²) in [5, 5.41) is 0. The fourth-order valence-electron chi connectivity index (χ4n) is 1.61. The van der Waals surface area contributed by atoms with Crippen LogP contribution in [-0.4, -0.2) is 32.1 Å². The first-order chi connectivity index (χ1) is 10.5. The van der Waals surface area contributed by atoms with Crippen LogP contribution < -0.4 is 19.9 Å². The van der Waals surface area contributed by atoms with Gasteiger partial charge >= 0.3 is 0 Å². The number of anilines is 2. The van der Waals surface area contributed by atoms with Crippen molar-refractivity contribution in [1.82, 2.24) is 9.97 Å². The number of aromatic nitrogens is 2. The molecular weight excluding hydrogens is 308 g/mol. The van der Waals surface area contributed by atoms with Gasteiger partial charge in [0.05, 0.1) is 24.8 Å². The van der Waals surface area contributed by atoms with Gasteiger partial charge in [-0.1, -0.05) is 0 Å². The number of methoxy groups -OCH3 is 1. The van der Waals surface area contributed by atoms with Crippen molar-refractivity contribution < 1.29 is 17.9 Å². The molecule has 9 heteroatoms. The van der Waals surface area contributed by atoms with Gasteiger partial charge in [0.2, 0.25) is 5.95 Å². The summed E-state index contributed by atoms with van der Waals surface area (Å²) >= 11 is 0. The van der Waals surface area contributed by atoms with Gasteiger partial charge in [-0.15, -0.1) is 0 Å². The molecule has 0 unspecified atom stereocenters. The van der Waals surface area contributed by atoms with Gasteiger partial charge in [0.25, 0.3) is 15.9 Å². The molecule has 22 heavy (non-hydrogen) atoms. The number of nitrogens with zero attached hydrogens (tertiary/aromatic N) is 2. The van der Waals surface area contributed by atoms with E-state index in [9.17, 15) is 8.42 Å². The molecule has 1 aromatic heterocycles. The van der Waals surface area contributed by atoms with Crippen LogP contribution in [0.2, 0.25) is 0 Å². The van der Waals surface area contributed by atoms with Crippen LogP contribution in [0.4, 0.5) is 11.6 Å². The average molecular weight is 324 g/mol. The highest BCUT2D eigenvalue weighted by molar-refractivity contribution is 7.92. The molecule has 0 aliphatic rings. The van der Waals surface area contributed by atoms with E-state index in [2.05, 4.69) is 14.7 Å². The second-order valence-corrected chi connectivity index (χ2v) is 5.86. The SMILES string of the molecule is CCOc1nc(NS(=O)(=O)c2ccc(N)cc2)ncc1OC. The Morgan fingerprint density at radius 1 is 1.27 bits per heavy atom. The predicted octanol–water partition coefficient (Wildman–Crippen LogP) is 1.27. The van der Waals surface area contributed by atoms with Crippen LogP contribution >= 0.6 is 0 Å². The third kappa shape index (κ3) is 3.55. The van der Waals surface area contributed by atoms with Crippen LogP contribution in [0.1, 0.15) is 6.92 Å². The van der Waals surface area contributed by atoms with E-state index in [1.165, 1.54) is 37.6 Å². The number of nitrogens with two attached hydrogens (primary N) is 1. The van der Waals surface area contributed by atoms with Gasteiger partial charge in [0.1, 0.15) is 0 Å². The maximum atomic E-state index is 12.2. The summed E-state index contributed by atoms with van der Waals surface area (Å²) in [6.45, 7) is 2.14. The molecule has 0 spiro atoms. The molecule has 1 aromatic carbocycles. The number of rotatable bonds is 6. The first-order valence-electron chi connectivity index (χ1n) is 6.38. The van der Waals surface area contributed by atoms with E-state index in [4.69, 9.17) is 15.2 Å². The number of nitrogen functional groups attached to an aromatic ring is 1. The Labute approximate surface area is 128 Å². The zero-order valence-corrected chi connectivity index (χ0v) is 12.9. The van der Waals surface area contributed by atoms with Crippen molar-refractivity contribution in [3.05, 3.63) is 30.5 Å². The first kappa shape index (κ1) is 15.8. The lowest BCUT2D eigenvalue weighted by atomic mass is 10.3. The van der Waals surface area contributed by atoms with Crippen LogP contribution in [-0.2, 0) is 10.0 Å². The Balaban J connectivity index is 2.29. The summed E-state index contributed by atoms with van der Waals surface area (Å²) in [4.78, 5) is 7.93. The van der Waals surface area contributed by atoms with Crippen LogP contribution in [0, 0.1) is 0 Å². The fourth-order valence-corrected chi connectivity index (χ4v) is 2.56. The van der Waals surface area contributed by atoms with Crippen LogP contribution in [0.5, 0.6) is 11.6 Å². The number of hydrogen-bond donors (Lipinski definition) is 2. The minimum absolute atomic E-state index is 0.0547. The molecule has 1 heterocycles. The Kier molecular flexibility index (Phi) is 4.66. The number of sulfonamides is 1. The second kappa shape index (κ2) is 6.48. The van der Waals surface area contributed by atoms with Crippen molar-refractivity contribution in [2.45, 2.75) is 11.8 Å². The van der Waals surface area contributed by atoms with Gasteiger partial charge in [-0.2, -0.15) is 4.98 Å². The highest BCUT2D eigenvalue weighted by atomic mass is 32.2. The highest BCUT2D eigenvalue weighted by Gasteiger charge is 2.17. The van der Waals surface area contributed by atoms with E-state index >= 15 is 0 Å². The van der Waals surface area contributed by atoms with Crippen molar-refractivity contribution in [2.75, 3.05) is 24.2 Å². The van der Waals surface area contributed by atoms with Crippen molar-refractivity contribution in [3.8, 4) is 11.6 Å². The minimum Gasteiger partial charge on any atom is -0.490 e. The zero-order valence-electron chi connectivity index (χ0n) is 12.1. The lowest BCUT2D eigenvalue weighted by Crippen LogP contribution is -2.15. The van der Waals surface area contributed by atoms with Gasteiger partial charge in [-0.05, 0) is 31.2 Å². The molecule has 2 aromatic rings. The van der Waals surface area contributed by atoms with E-state index < -0.39 is 10.0 Å². The first-order valence-corrected chi connectivity index (χ1v) is 7.86. The van der Waals surface area contributed by atoms with Crippen molar-refractivity contribution in [1.29, 1.82) is 0 Å². The third-order valence-corrected chi connectivity index (χ3v) is 3.98. The quantitative estimate of drug-likeness (QED) is 0.768. The molecule has 0 saturated heterocycles. The number of benzene rings is 1. The molecule has 8 nitrogen and oxygen atoms in total. The van der Waals surface area contributed by atoms with E-state index in [1.807, 2.05) is 0 Å². The maximum absolute atomic E-state index is 12.2. The molecule has 3 N–H and O–H groups in total. The normalized spacial score (nSPS) is 11.0. The number of ether oxygens (including phenoxy) is 2. The van der Waals surface area contributed by atoms with Crippen molar-refractivity contribution >= 4 is 21.7 Å². The van der Waals surface area contributed by atoms with Crippen LogP contribution in [0.25, 0.3) is 0 Å². The lowest BCUT2D eigenvalue weighted by Gasteiger charge is -2.10. The predicted molar refractivity (Wildman–Crippen MR) is 81.4 cm³/mol. The van der Waals surface area contributed by atoms with E-state index in [1.54, 1.807) is 6.92 Å².